The highest BCUT2D eigenvalue weighted by molar-refractivity contribution is 5.83. The molecular formula is C14H9NO2. The van der Waals surface area contributed by atoms with Gasteiger partial charge in [-0.2, -0.15) is 0 Å². The Hall–Kier alpha value is -2.42. The van der Waals surface area contributed by atoms with Gasteiger partial charge in [-0.3, -0.25) is 4.98 Å². The topological polar surface area (TPSA) is 43.1 Å². The van der Waals surface area contributed by atoms with Crippen molar-refractivity contribution in [2.75, 3.05) is 0 Å². The summed E-state index contributed by atoms with van der Waals surface area (Å²) in [7, 11) is 0. The van der Waals surface area contributed by atoms with Crippen molar-refractivity contribution in [3.05, 3.63) is 65.3 Å². The Labute approximate surface area is 97.4 Å². The van der Waals surface area contributed by atoms with E-state index in [0.29, 0.717) is 0 Å². The number of pyridine rings is 1. The minimum Gasteiger partial charge on any atom is -0.431 e. The Morgan fingerprint density at radius 3 is 2.76 bits per heavy atom. The Balaban J connectivity index is 2.21. The number of nitrogens with zero attached hydrogens (tertiary/aromatic N) is 1. The zero-order valence-corrected chi connectivity index (χ0v) is 8.96. The maximum atomic E-state index is 11.1. The molecule has 0 atom stereocenters. The number of para-hydroxylation sites is 1. The molecule has 2 aromatic heterocycles. The average molecular weight is 223 g/mol. The van der Waals surface area contributed by atoms with E-state index >= 15 is 0 Å². The summed E-state index contributed by atoms with van der Waals surface area (Å²) in [6.45, 7) is 0. The van der Waals surface area contributed by atoms with Gasteiger partial charge >= 0.3 is 5.63 Å². The van der Waals surface area contributed by atoms with Gasteiger partial charge in [0, 0.05) is 23.2 Å². The van der Waals surface area contributed by atoms with E-state index in [1.165, 1.54) is 12.3 Å². The van der Waals surface area contributed by atoms with E-state index in [1.807, 2.05) is 30.3 Å². The molecule has 82 valence electrons. The fraction of sp³-hybridized carbons (Fsp3) is 0. The number of benzene rings is 1. The molecule has 17 heavy (non-hydrogen) atoms. The Morgan fingerprint density at radius 1 is 1.00 bits per heavy atom. The van der Waals surface area contributed by atoms with Gasteiger partial charge in [0.25, 0.3) is 0 Å². The molecule has 0 amide bonds. The highest BCUT2D eigenvalue weighted by Crippen LogP contribution is 2.21. The lowest BCUT2D eigenvalue weighted by atomic mass is 10.1. The van der Waals surface area contributed by atoms with Gasteiger partial charge in [-0.15, -0.1) is 0 Å². The quantitative estimate of drug-likeness (QED) is 0.637. The molecule has 3 heteroatoms. The number of aromatic nitrogens is 1. The van der Waals surface area contributed by atoms with Crippen LogP contribution in [0.3, 0.4) is 0 Å². The van der Waals surface area contributed by atoms with Crippen LogP contribution in [0, 0.1) is 0 Å². The summed E-state index contributed by atoms with van der Waals surface area (Å²) in [4.78, 5) is 15.5. The van der Waals surface area contributed by atoms with E-state index in [1.54, 1.807) is 12.3 Å². The molecule has 0 spiro atoms. The summed E-state index contributed by atoms with van der Waals surface area (Å²) in [6, 6.07) is 13.1. The zero-order valence-electron chi connectivity index (χ0n) is 8.96. The lowest BCUT2D eigenvalue weighted by Gasteiger charge is -2.02. The van der Waals surface area contributed by atoms with Crippen LogP contribution in [0.2, 0.25) is 0 Å². The molecule has 0 saturated heterocycles. The van der Waals surface area contributed by atoms with Gasteiger partial charge < -0.3 is 4.42 Å². The molecule has 2 heterocycles. The Bertz CT molecular complexity index is 731. The number of fused-ring (bicyclic) bond motifs is 1. The molecule has 0 saturated carbocycles. The summed E-state index contributed by atoms with van der Waals surface area (Å²) in [6.07, 6.45) is 3.16. The lowest BCUT2D eigenvalue weighted by Crippen LogP contribution is -1.95. The van der Waals surface area contributed by atoms with Gasteiger partial charge in [0.05, 0.1) is 11.8 Å². The van der Waals surface area contributed by atoms with Crippen LogP contribution in [0.15, 0.2) is 64.1 Å². The summed E-state index contributed by atoms with van der Waals surface area (Å²) in [5, 5.41) is 1.05. The molecule has 0 N–H and O–H groups in total. The smallest absolute Gasteiger partial charge is 0.336 e. The van der Waals surface area contributed by atoms with E-state index < -0.39 is 0 Å². The van der Waals surface area contributed by atoms with Crippen molar-refractivity contribution in [2.45, 2.75) is 0 Å². The minimum atomic E-state index is -0.351. The van der Waals surface area contributed by atoms with Crippen molar-refractivity contribution in [1.82, 2.24) is 4.98 Å². The van der Waals surface area contributed by atoms with Crippen molar-refractivity contribution in [2.24, 2.45) is 0 Å². The molecule has 0 bridgehead atoms. The van der Waals surface area contributed by atoms with E-state index in [2.05, 4.69) is 4.98 Å². The highest BCUT2D eigenvalue weighted by Gasteiger charge is 2.01. The molecule has 0 fully saturated rings. The lowest BCUT2D eigenvalue weighted by molar-refractivity contribution is 0.511. The fourth-order valence-corrected chi connectivity index (χ4v) is 1.79. The Morgan fingerprint density at radius 2 is 1.88 bits per heavy atom. The molecule has 0 aliphatic rings. The summed E-state index contributed by atoms with van der Waals surface area (Å²) in [5.41, 5.74) is 2.32. The molecule has 0 unspecified atom stereocenters. The van der Waals surface area contributed by atoms with Gasteiger partial charge in [0.1, 0.15) is 0 Å². The third-order valence-corrected chi connectivity index (χ3v) is 2.63. The SMILES string of the molecule is O=c1cc(-c2cnc3ccccc3c2)cco1. The van der Waals surface area contributed by atoms with Gasteiger partial charge in [-0.1, -0.05) is 18.2 Å². The standard InChI is InChI=1S/C14H9NO2/c16-14-8-10(5-6-17-14)12-7-11-3-1-2-4-13(11)15-9-12/h1-9H. The van der Waals surface area contributed by atoms with Gasteiger partial charge in [-0.05, 0) is 23.8 Å². The molecule has 0 radical (unpaired) electrons. The maximum absolute atomic E-state index is 11.1. The molecule has 0 aliphatic heterocycles. The first kappa shape index (κ1) is 9.78. The molecule has 0 aliphatic carbocycles. The van der Waals surface area contributed by atoms with Crippen LogP contribution in [0.4, 0.5) is 0 Å². The van der Waals surface area contributed by atoms with E-state index in [-0.39, 0.29) is 5.63 Å². The van der Waals surface area contributed by atoms with Crippen molar-refractivity contribution in [3.63, 3.8) is 0 Å². The van der Waals surface area contributed by atoms with Crippen molar-refractivity contribution >= 4 is 10.9 Å². The minimum absolute atomic E-state index is 0.351. The van der Waals surface area contributed by atoms with E-state index in [4.69, 9.17) is 4.42 Å². The number of hydrogen-bond donors (Lipinski definition) is 0. The monoisotopic (exact) mass is 223 g/mol. The zero-order chi connectivity index (χ0) is 11.7. The van der Waals surface area contributed by atoms with Crippen LogP contribution < -0.4 is 5.63 Å². The van der Waals surface area contributed by atoms with E-state index in [0.717, 1.165) is 22.0 Å². The van der Waals surface area contributed by atoms with Crippen LogP contribution >= 0.6 is 0 Å². The summed E-state index contributed by atoms with van der Waals surface area (Å²) < 4.78 is 4.70. The largest absolute Gasteiger partial charge is 0.431 e. The number of rotatable bonds is 1. The second kappa shape index (κ2) is 3.87. The second-order valence-corrected chi connectivity index (χ2v) is 3.76. The molecular weight excluding hydrogens is 214 g/mol. The second-order valence-electron chi connectivity index (χ2n) is 3.76. The van der Waals surface area contributed by atoms with Crippen LogP contribution in [0.5, 0.6) is 0 Å². The van der Waals surface area contributed by atoms with E-state index in [9.17, 15) is 4.79 Å². The van der Waals surface area contributed by atoms with Gasteiger partial charge in [-0.25, -0.2) is 4.79 Å². The highest BCUT2D eigenvalue weighted by atomic mass is 16.4. The molecule has 1 aromatic carbocycles. The first-order chi connectivity index (χ1) is 8.33. The molecule has 3 rings (SSSR count). The van der Waals surface area contributed by atoms with Crippen LogP contribution in [0.1, 0.15) is 0 Å². The van der Waals surface area contributed by atoms with Crippen LogP contribution in [-0.2, 0) is 0 Å². The normalized spacial score (nSPS) is 10.6. The first-order valence-corrected chi connectivity index (χ1v) is 5.27. The third-order valence-electron chi connectivity index (χ3n) is 2.63. The first-order valence-electron chi connectivity index (χ1n) is 5.27. The van der Waals surface area contributed by atoms with Gasteiger partial charge in [0.15, 0.2) is 0 Å². The van der Waals surface area contributed by atoms with Crippen LogP contribution in [-0.4, -0.2) is 4.98 Å². The van der Waals surface area contributed by atoms with Gasteiger partial charge in [0.2, 0.25) is 0 Å². The fourth-order valence-electron chi connectivity index (χ4n) is 1.79. The molecule has 3 aromatic rings. The summed E-state index contributed by atoms with van der Waals surface area (Å²) in [5.74, 6) is 0. The third kappa shape index (κ3) is 1.83. The van der Waals surface area contributed by atoms with Crippen LogP contribution in [0.25, 0.3) is 22.0 Å². The average Bonchev–Trinajstić information content (AvgIpc) is 2.38. The van der Waals surface area contributed by atoms with Crippen molar-refractivity contribution < 1.29 is 4.42 Å². The predicted molar refractivity (Wildman–Crippen MR) is 65.7 cm³/mol. The van der Waals surface area contributed by atoms with Crippen molar-refractivity contribution in [1.29, 1.82) is 0 Å². The van der Waals surface area contributed by atoms with Crippen molar-refractivity contribution in [3.8, 4) is 11.1 Å². The predicted octanol–water partition coefficient (Wildman–Crippen LogP) is 2.86. The number of hydrogen-bond acceptors (Lipinski definition) is 3. The summed E-state index contributed by atoms with van der Waals surface area (Å²) >= 11 is 0. The molecule has 3 nitrogen and oxygen atoms in total. The maximum Gasteiger partial charge on any atom is 0.336 e. The Kier molecular flexibility index (Phi) is 2.22.